The van der Waals surface area contributed by atoms with Crippen molar-refractivity contribution in [2.45, 2.75) is 55.9 Å². The molecule has 176 valence electrons. The van der Waals surface area contributed by atoms with E-state index in [2.05, 4.69) is 6.92 Å². The highest BCUT2D eigenvalue weighted by molar-refractivity contribution is 7.91. The van der Waals surface area contributed by atoms with E-state index in [4.69, 9.17) is 11.6 Å². The van der Waals surface area contributed by atoms with Gasteiger partial charge in [0.25, 0.3) is 0 Å². The number of anilines is 1. The first-order valence-electron chi connectivity index (χ1n) is 11.3. The first-order valence-corrected chi connectivity index (χ1v) is 13.2. The van der Waals surface area contributed by atoms with Crippen LogP contribution in [0.2, 0.25) is 5.02 Å². The summed E-state index contributed by atoms with van der Waals surface area (Å²) >= 11 is 5.99. The van der Waals surface area contributed by atoms with Gasteiger partial charge in [-0.05, 0) is 55.5 Å². The Kier molecular flexibility index (Phi) is 6.82. The minimum Gasteiger partial charge on any atom is -0.369 e. The number of piperidine rings is 1. The van der Waals surface area contributed by atoms with Crippen molar-refractivity contribution in [3.8, 4) is 0 Å². The highest BCUT2D eigenvalue weighted by Crippen LogP contribution is 2.30. The molecule has 0 amide bonds. The summed E-state index contributed by atoms with van der Waals surface area (Å²) in [6.07, 6.45) is 5.18. The standard InChI is InChI=1S/C25H28ClFN2O3S/c1-3-4-10-29-16-24(33(31,32)19-9-5-8-18(26)12-19)25(30)20-13-21(27)23(14-22(20)29)28-11-6-7-17(2)15-28/h5,8-9,12-14,16-17H,3-4,6-7,10-11,15H2,1-2H3/t17-/m1/s1. The number of aryl methyl sites for hydroxylation is 1. The van der Waals surface area contributed by atoms with Crippen LogP contribution in [0.3, 0.4) is 0 Å². The molecule has 1 aromatic heterocycles. The van der Waals surface area contributed by atoms with Crippen molar-refractivity contribution in [3.63, 3.8) is 0 Å². The van der Waals surface area contributed by atoms with Crippen molar-refractivity contribution in [1.29, 1.82) is 0 Å². The molecule has 4 rings (SSSR count). The van der Waals surface area contributed by atoms with E-state index in [1.807, 2.05) is 11.8 Å². The van der Waals surface area contributed by atoms with Gasteiger partial charge in [0.15, 0.2) is 0 Å². The second kappa shape index (κ2) is 9.47. The van der Waals surface area contributed by atoms with Gasteiger partial charge in [-0.25, -0.2) is 12.8 Å². The van der Waals surface area contributed by atoms with E-state index in [9.17, 15) is 13.2 Å². The number of halogens is 2. The predicted octanol–water partition coefficient (Wildman–Crippen LogP) is 5.66. The van der Waals surface area contributed by atoms with Crippen molar-refractivity contribution in [2.75, 3.05) is 18.0 Å². The van der Waals surface area contributed by atoms with Crippen LogP contribution in [0.4, 0.5) is 10.1 Å². The quantitative estimate of drug-likeness (QED) is 0.447. The molecule has 2 aromatic carbocycles. The summed E-state index contributed by atoms with van der Waals surface area (Å²) in [6.45, 7) is 6.21. The van der Waals surface area contributed by atoms with Crippen LogP contribution in [0.5, 0.6) is 0 Å². The van der Waals surface area contributed by atoms with Gasteiger partial charge in [-0.2, -0.15) is 0 Å². The van der Waals surface area contributed by atoms with Crippen LogP contribution in [-0.2, 0) is 16.4 Å². The minimum atomic E-state index is -4.13. The lowest BCUT2D eigenvalue weighted by Crippen LogP contribution is -2.35. The zero-order valence-corrected chi connectivity index (χ0v) is 20.4. The average molecular weight is 491 g/mol. The molecule has 33 heavy (non-hydrogen) atoms. The fraction of sp³-hybridized carbons (Fsp3) is 0.400. The van der Waals surface area contributed by atoms with E-state index < -0.39 is 21.1 Å². The normalized spacial score (nSPS) is 17.0. The first kappa shape index (κ1) is 23.8. The number of benzene rings is 2. The zero-order chi connectivity index (χ0) is 23.8. The third kappa shape index (κ3) is 4.66. The smallest absolute Gasteiger partial charge is 0.211 e. The molecular formula is C25H28ClFN2O3S. The van der Waals surface area contributed by atoms with E-state index >= 15 is 4.39 Å². The van der Waals surface area contributed by atoms with E-state index in [1.54, 1.807) is 16.7 Å². The van der Waals surface area contributed by atoms with Gasteiger partial charge in [-0.3, -0.25) is 4.79 Å². The topological polar surface area (TPSA) is 59.4 Å². The van der Waals surface area contributed by atoms with Crippen LogP contribution in [0.1, 0.15) is 39.5 Å². The van der Waals surface area contributed by atoms with Gasteiger partial charge in [-0.1, -0.05) is 37.9 Å². The van der Waals surface area contributed by atoms with Gasteiger partial charge in [-0.15, -0.1) is 0 Å². The molecule has 0 N–H and O–H groups in total. The van der Waals surface area contributed by atoms with Gasteiger partial charge in [0.05, 0.1) is 21.5 Å². The lowest BCUT2D eigenvalue weighted by Gasteiger charge is -2.33. The minimum absolute atomic E-state index is 0.0621. The fourth-order valence-corrected chi connectivity index (χ4v) is 6.16. The van der Waals surface area contributed by atoms with Crippen LogP contribution < -0.4 is 10.3 Å². The molecular weight excluding hydrogens is 463 g/mol. The molecule has 0 radical (unpaired) electrons. The van der Waals surface area contributed by atoms with E-state index in [0.717, 1.165) is 38.8 Å². The Balaban J connectivity index is 1.93. The highest BCUT2D eigenvalue weighted by Gasteiger charge is 2.26. The molecule has 1 fully saturated rings. The molecule has 0 bridgehead atoms. The zero-order valence-electron chi connectivity index (χ0n) is 18.9. The van der Waals surface area contributed by atoms with E-state index in [-0.39, 0.29) is 20.2 Å². The SMILES string of the molecule is CCCCn1cc(S(=O)(=O)c2cccc(Cl)c2)c(=O)c2cc(F)c(N3CCC[C@@H](C)C3)cc21. The van der Waals surface area contributed by atoms with Gasteiger partial charge in [0, 0.05) is 30.9 Å². The Hall–Kier alpha value is -2.38. The van der Waals surface area contributed by atoms with Gasteiger partial charge >= 0.3 is 0 Å². The summed E-state index contributed by atoms with van der Waals surface area (Å²) in [6, 6.07) is 8.72. The Bertz CT molecular complexity index is 1350. The number of pyridine rings is 1. The van der Waals surface area contributed by atoms with Crippen molar-refractivity contribution < 1.29 is 12.8 Å². The third-order valence-corrected chi connectivity index (χ3v) is 8.24. The Morgan fingerprint density at radius 1 is 1.21 bits per heavy atom. The molecule has 5 nitrogen and oxygen atoms in total. The first-order chi connectivity index (χ1) is 15.7. The predicted molar refractivity (Wildman–Crippen MR) is 131 cm³/mol. The maximum Gasteiger partial charge on any atom is 0.211 e. The van der Waals surface area contributed by atoms with Gasteiger partial charge < -0.3 is 9.47 Å². The summed E-state index contributed by atoms with van der Waals surface area (Å²) in [4.78, 5) is 14.9. The maximum absolute atomic E-state index is 15.2. The molecule has 0 aliphatic carbocycles. The summed E-state index contributed by atoms with van der Waals surface area (Å²) in [5.41, 5.74) is 0.312. The fourth-order valence-electron chi connectivity index (χ4n) is 4.49. The lowest BCUT2D eigenvalue weighted by atomic mass is 9.99. The number of fused-ring (bicyclic) bond motifs is 1. The van der Waals surface area contributed by atoms with Crippen LogP contribution >= 0.6 is 11.6 Å². The Morgan fingerprint density at radius 3 is 2.70 bits per heavy atom. The summed E-state index contributed by atoms with van der Waals surface area (Å²) in [5, 5.41) is 0.329. The molecule has 1 atom stereocenters. The molecule has 0 saturated carbocycles. The largest absolute Gasteiger partial charge is 0.369 e. The molecule has 1 aliphatic rings. The van der Waals surface area contributed by atoms with Crippen molar-refractivity contribution >= 4 is 38.0 Å². The van der Waals surface area contributed by atoms with Crippen molar-refractivity contribution in [2.24, 2.45) is 5.92 Å². The number of hydrogen-bond donors (Lipinski definition) is 0. The monoisotopic (exact) mass is 490 g/mol. The van der Waals surface area contributed by atoms with Crippen molar-refractivity contribution in [3.05, 3.63) is 63.7 Å². The van der Waals surface area contributed by atoms with Gasteiger partial charge in [0.1, 0.15) is 10.7 Å². The molecule has 3 aromatic rings. The molecule has 1 aliphatic heterocycles. The maximum atomic E-state index is 15.2. The molecule has 2 heterocycles. The second-order valence-corrected chi connectivity index (χ2v) is 11.2. The summed E-state index contributed by atoms with van der Waals surface area (Å²) < 4.78 is 43.7. The van der Waals surface area contributed by atoms with Crippen LogP contribution in [-0.4, -0.2) is 26.1 Å². The number of unbranched alkanes of at least 4 members (excludes halogenated alkanes) is 1. The molecule has 0 unspecified atom stereocenters. The summed E-state index contributed by atoms with van der Waals surface area (Å²) in [7, 11) is -4.13. The van der Waals surface area contributed by atoms with Crippen LogP contribution in [0.15, 0.2) is 57.2 Å². The second-order valence-electron chi connectivity index (χ2n) is 8.84. The molecule has 1 saturated heterocycles. The molecule has 0 spiro atoms. The Labute approximate surface area is 198 Å². The number of hydrogen-bond acceptors (Lipinski definition) is 4. The Morgan fingerprint density at radius 2 is 2.00 bits per heavy atom. The number of aromatic nitrogens is 1. The van der Waals surface area contributed by atoms with E-state index in [1.165, 1.54) is 30.5 Å². The van der Waals surface area contributed by atoms with Crippen molar-refractivity contribution in [1.82, 2.24) is 4.57 Å². The average Bonchev–Trinajstić information content (AvgIpc) is 2.78. The highest BCUT2D eigenvalue weighted by atomic mass is 35.5. The van der Waals surface area contributed by atoms with E-state index in [0.29, 0.717) is 23.7 Å². The number of sulfone groups is 1. The lowest BCUT2D eigenvalue weighted by molar-refractivity contribution is 0.442. The van der Waals surface area contributed by atoms with Gasteiger partial charge in [0.2, 0.25) is 15.3 Å². The van der Waals surface area contributed by atoms with Crippen LogP contribution in [0, 0.1) is 11.7 Å². The number of rotatable bonds is 6. The third-order valence-electron chi connectivity index (χ3n) is 6.26. The molecule has 8 heteroatoms. The summed E-state index contributed by atoms with van der Waals surface area (Å²) in [5.74, 6) is -0.0469. The van der Waals surface area contributed by atoms with Crippen LogP contribution in [0.25, 0.3) is 10.9 Å². The number of nitrogens with zero attached hydrogens (tertiary/aromatic N) is 2.